The zero-order chi connectivity index (χ0) is 23.0. The summed E-state index contributed by atoms with van der Waals surface area (Å²) < 4.78 is 10.6. The van der Waals surface area contributed by atoms with Crippen molar-refractivity contribution in [2.75, 3.05) is 38.8 Å². The second kappa shape index (κ2) is 10.8. The summed E-state index contributed by atoms with van der Waals surface area (Å²) in [7, 11) is 3.32. The lowest BCUT2D eigenvalue weighted by Crippen LogP contribution is -2.43. The van der Waals surface area contributed by atoms with E-state index in [4.69, 9.17) is 9.47 Å². The predicted octanol–water partition coefficient (Wildman–Crippen LogP) is 3.74. The first-order valence-corrected chi connectivity index (χ1v) is 11.3. The van der Waals surface area contributed by atoms with E-state index in [-0.39, 0.29) is 11.8 Å². The maximum absolute atomic E-state index is 12.9. The number of benzene rings is 2. The molecule has 0 spiro atoms. The summed E-state index contributed by atoms with van der Waals surface area (Å²) >= 11 is 0. The van der Waals surface area contributed by atoms with Gasteiger partial charge in [-0.15, -0.1) is 0 Å². The van der Waals surface area contributed by atoms with Gasteiger partial charge in [0.1, 0.15) is 23.6 Å². The van der Waals surface area contributed by atoms with Gasteiger partial charge in [0.2, 0.25) is 5.91 Å². The number of hydrogen-bond acceptors (Lipinski definition) is 6. The Labute approximate surface area is 194 Å². The molecule has 33 heavy (non-hydrogen) atoms. The van der Waals surface area contributed by atoms with Crippen LogP contribution in [0, 0.1) is 5.92 Å². The van der Waals surface area contributed by atoms with Crippen molar-refractivity contribution >= 4 is 11.7 Å². The molecule has 1 aliphatic rings. The third-order valence-electron chi connectivity index (χ3n) is 6.04. The lowest BCUT2D eigenvalue weighted by molar-refractivity contribution is -0.125. The number of methoxy groups -OCH3 is 2. The SMILES string of the molecule is COc1ccc(-c2cc(N3CCCC(C(=O)NCCc4ccccc4OC)C3)ncn2)cc1. The first-order valence-electron chi connectivity index (χ1n) is 11.3. The molecule has 3 aromatic rings. The number of carbonyl (C=O) groups is 1. The summed E-state index contributed by atoms with van der Waals surface area (Å²) in [6.45, 7) is 2.12. The number of ether oxygens (including phenoxy) is 2. The first kappa shape index (κ1) is 22.6. The number of nitrogens with zero attached hydrogens (tertiary/aromatic N) is 3. The molecule has 1 aliphatic heterocycles. The van der Waals surface area contributed by atoms with Gasteiger partial charge < -0.3 is 19.7 Å². The smallest absolute Gasteiger partial charge is 0.224 e. The molecule has 172 valence electrons. The highest BCUT2D eigenvalue weighted by Crippen LogP contribution is 2.26. The number of piperidine rings is 1. The van der Waals surface area contributed by atoms with E-state index in [1.165, 1.54) is 0 Å². The number of para-hydroxylation sites is 1. The van der Waals surface area contributed by atoms with Gasteiger partial charge >= 0.3 is 0 Å². The van der Waals surface area contributed by atoms with Crippen LogP contribution in [-0.2, 0) is 11.2 Å². The van der Waals surface area contributed by atoms with Crippen molar-refractivity contribution in [3.8, 4) is 22.8 Å². The molecule has 0 saturated carbocycles. The third-order valence-corrected chi connectivity index (χ3v) is 6.04. The van der Waals surface area contributed by atoms with Gasteiger partial charge in [0.05, 0.1) is 25.8 Å². The van der Waals surface area contributed by atoms with Gasteiger partial charge in [-0.25, -0.2) is 9.97 Å². The van der Waals surface area contributed by atoms with Gasteiger partial charge in [-0.2, -0.15) is 0 Å². The van der Waals surface area contributed by atoms with Gasteiger partial charge in [0, 0.05) is 31.3 Å². The van der Waals surface area contributed by atoms with Crippen LogP contribution in [0.4, 0.5) is 5.82 Å². The molecule has 1 saturated heterocycles. The van der Waals surface area contributed by atoms with Crippen molar-refractivity contribution < 1.29 is 14.3 Å². The summed E-state index contributed by atoms with van der Waals surface area (Å²) in [6, 6.07) is 17.7. The van der Waals surface area contributed by atoms with Crippen molar-refractivity contribution in [1.82, 2.24) is 15.3 Å². The zero-order valence-electron chi connectivity index (χ0n) is 19.2. The predicted molar refractivity (Wildman–Crippen MR) is 129 cm³/mol. The van der Waals surface area contributed by atoms with Crippen LogP contribution in [0.3, 0.4) is 0 Å². The van der Waals surface area contributed by atoms with E-state index in [2.05, 4.69) is 20.2 Å². The molecule has 1 fully saturated rings. The number of aromatic nitrogens is 2. The van der Waals surface area contributed by atoms with Crippen molar-refractivity contribution in [1.29, 1.82) is 0 Å². The zero-order valence-corrected chi connectivity index (χ0v) is 19.2. The number of hydrogen-bond donors (Lipinski definition) is 1. The van der Waals surface area contributed by atoms with Crippen LogP contribution in [0.2, 0.25) is 0 Å². The fourth-order valence-corrected chi connectivity index (χ4v) is 4.21. The highest BCUT2D eigenvalue weighted by Gasteiger charge is 2.26. The van der Waals surface area contributed by atoms with Crippen molar-refractivity contribution in [2.45, 2.75) is 19.3 Å². The third kappa shape index (κ3) is 5.61. The van der Waals surface area contributed by atoms with E-state index in [1.54, 1.807) is 20.5 Å². The van der Waals surface area contributed by atoms with E-state index in [9.17, 15) is 4.79 Å². The van der Waals surface area contributed by atoms with Crippen LogP contribution < -0.4 is 19.7 Å². The first-order chi connectivity index (χ1) is 16.2. The van der Waals surface area contributed by atoms with Gasteiger partial charge in [-0.05, 0) is 55.2 Å². The summed E-state index contributed by atoms with van der Waals surface area (Å²) in [4.78, 5) is 23.9. The molecule has 1 N–H and O–H groups in total. The normalized spacial score (nSPS) is 15.7. The Hall–Kier alpha value is -3.61. The minimum Gasteiger partial charge on any atom is -0.497 e. The minimum absolute atomic E-state index is 0.0594. The van der Waals surface area contributed by atoms with Crippen molar-refractivity contribution in [2.24, 2.45) is 5.92 Å². The summed E-state index contributed by atoms with van der Waals surface area (Å²) in [5.41, 5.74) is 2.95. The van der Waals surface area contributed by atoms with E-state index >= 15 is 0 Å². The topological polar surface area (TPSA) is 76.6 Å². The maximum atomic E-state index is 12.9. The Kier molecular flexibility index (Phi) is 7.40. The fraction of sp³-hybridized carbons (Fsp3) is 0.346. The number of anilines is 1. The Balaban J connectivity index is 1.36. The summed E-state index contributed by atoms with van der Waals surface area (Å²) in [5, 5.41) is 3.11. The molecule has 2 aromatic carbocycles. The number of nitrogens with one attached hydrogen (secondary N) is 1. The van der Waals surface area contributed by atoms with Gasteiger partial charge in [0.15, 0.2) is 0 Å². The molecule has 1 unspecified atom stereocenters. The van der Waals surface area contributed by atoms with Crippen LogP contribution in [0.25, 0.3) is 11.3 Å². The van der Waals surface area contributed by atoms with E-state index in [0.717, 1.165) is 59.9 Å². The summed E-state index contributed by atoms with van der Waals surface area (Å²) in [6.07, 6.45) is 4.16. The van der Waals surface area contributed by atoms with Gasteiger partial charge in [-0.3, -0.25) is 4.79 Å². The second-order valence-corrected chi connectivity index (χ2v) is 8.13. The second-order valence-electron chi connectivity index (χ2n) is 8.13. The number of carbonyl (C=O) groups excluding carboxylic acids is 1. The number of rotatable bonds is 8. The average molecular weight is 447 g/mol. The van der Waals surface area contributed by atoms with E-state index in [1.807, 2.05) is 54.6 Å². The van der Waals surface area contributed by atoms with Gasteiger partial charge in [0.25, 0.3) is 0 Å². The molecule has 1 amide bonds. The molecule has 7 nitrogen and oxygen atoms in total. The van der Waals surface area contributed by atoms with Crippen LogP contribution in [-0.4, -0.2) is 49.7 Å². The van der Waals surface area contributed by atoms with E-state index < -0.39 is 0 Å². The maximum Gasteiger partial charge on any atom is 0.224 e. The van der Waals surface area contributed by atoms with Crippen molar-refractivity contribution in [3.63, 3.8) is 0 Å². The molecular formula is C26H30N4O3. The number of amides is 1. The molecule has 2 heterocycles. The highest BCUT2D eigenvalue weighted by molar-refractivity contribution is 5.79. The minimum atomic E-state index is -0.0594. The molecule has 0 bridgehead atoms. The molecular weight excluding hydrogens is 416 g/mol. The lowest BCUT2D eigenvalue weighted by Gasteiger charge is -2.33. The average Bonchev–Trinajstić information content (AvgIpc) is 2.89. The molecule has 0 radical (unpaired) electrons. The highest BCUT2D eigenvalue weighted by atomic mass is 16.5. The molecule has 4 rings (SSSR count). The van der Waals surface area contributed by atoms with Crippen LogP contribution in [0.1, 0.15) is 18.4 Å². The molecule has 1 aromatic heterocycles. The van der Waals surface area contributed by atoms with Crippen LogP contribution >= 0.6 is 0 Å². The molecule has 0 aliphatic carbocycles. The van der Waals surface area contributed by atoms with Gasteiger partial charge in [-0.1, -0.05) is 18.2 Å². The van der Waals surface area contributed by atoms with Crippen molar-refractivity contribution in [3.05, 3.63) is 66.5 Å². The fourth-order valence-electron chi connectivity index (χ4n) is 4.21. The standard InChI is InChI=1S/C26H30N4O3/c1-32-22-11-9-19(10-12-22)23-16-25(29-18-28-23)30-15-5-7-21(17-30)26(31)27-14-13-20-6-3-4-8-24(20)33-2/h3-4,6,8-12,16,18,21H,5,7,13-15,17H2,1-2H3,(H,27,31). The van der Waals surface area contributed by atoms with Crippen LogP contribution in [0.15, 0.2) is 60.9 Å². The Morgan fingerprint density at radius 2 is 1.91 bits per heavy atom. The monoisotopic (exact) mass is 446 g/mol. The summed E-state index contributed by atoms with van der Waals surface area (Å²) in [5.74, 6) is 2.55. The Bertz CT molecular complexity index is 1070. The Morgan fingerprint density at radius 3 is 2.70 bits per heavy atom. The quantitative estimate of drug-likeness (QED) is 0.568. The largest absolute Gasteiger partial charge is 0.497 e. The van der Waals surface area contributed by atoms with E-state index in [0.29, 0.717) is 13.1 Å². The lowest BCUT2D eigenvalue weighted by atomic mass is 9.97. The molecule has 7 heteroatoms. The van der Waals surface area contributed by atoms with Crippen LogP contribution in [0.5, 0.6) is 11.5 Å². The molecule has 1 atom stereocenters. The Morgan fingerprint density at radius 1 is 1.09 bits per heavy atom.